The Morgan fingerprint density at radius 3 is 2.94 bits per heavy atom. The molecule has 88 valence electrons. The molecule has 2 heterocycles. The fourth-order valence-electron chi connectivity index (χ4n) is 1.94. The first kappa shape index (κ1) is 11.2. The molecule has 1 aliphatic heterocycles. The van der Waals surface area contributed by atoms with Gasteiger partial charge in [0.1, 0.15) is 5.76 Å². The first-order valence-corrected chi connectivity index (χ1v) is 5.87. The Labute approximate surface area is 95.6 Å². The third-order valence-electron chi connectivity index (χ3n) is 2.86. The van der Waals surface area contributed by atoms with E-state index in [4.69, 9.17) is 4.42 Å². The average molecular weight is 222 g/mol. The van der Waals surface area contributed by atoms with Crippen molar-refractivity contribution in [1.29, 1.82) is 0 Å². The van der Waals surface area contributed by atoms with Crippen LogP contribution in [0.5, 0.6) is 0 Å². The van der Waals surface area contributed by atoms with E-state index in [2.05, 4.69) is 5.32 Å². The topological polar surface area (TPSA) is 45.5 Å². The summed E-state index contributed by atoms with van der Waals surface area (Å²) in [5.41, 5.74) is 0. The maximum absolute atomic E-state index is 11.6. The van der Waals surface area contributed by atoms with Crippen LogP contribution < -0.4 is 5.32 Å². The molecule has 1 aromatic rings. The summed E-state index contributed by atoms with van der Waals surface area (Å²) < 4.78 is 5.20. The van der Waals surface area contributed by atoms with Gasteiger partial charge in [-0.25, -0.2) is 0 Å². The van der Waals surface area contributed by atoms with Crippen LogP contribution in [0.4, 0.5) is 0 Å². The molecular weight excluding hydrogens is 204 g/mol. The van der Waals surface area contributed by atoms with E-state index in [9.17, 15) is 4.79 Å². The third-order valence-corrected chi connectivity index (χ3v) is 2.86. The molecule has 0 saturated carbocycles. The van der Waals surface area contributed by atoms with Crippen molar-refractivity contribution in [3.63, 3.8) is 0 Å². The number of hydrogen-bond acceptors (Lipinski definition) is 3. The van der Waals surface area contributed by atoms with Gasteiger partial charge in [0, 0.05) is 26.1 Å². The Balaban J connectivity index is 1.59. The molecule has 1 aliphatic rings. The SMILES string of the molecule is O=C(CNCCc1ccco1)N1CCCC1. The van der Waals surface area contributed by atoms with Crippen molar-refractivity contribution in [2.75, 3.05) is 26.2 Å². The van der Waals surface area contributed by atoms with Crippen LogP contribution in [0.3, 0.4) is 0 Å². The Kier molecular flexibility index (Phi) is 3.99. The number of carbonyl (C=O) groups is 1. The molecule has 0 bridgehead atoms. The van der Waals surface area contributed by atoms with Gasteiger partial charge >= 0.3 is 0 Å². The van der Waals surface area contributed by atoms with E-state index in [0.29, 0.717) is 6.54 Å². The molecule has 2 rings (SSSR count). The van der Waals surface area contributed by atoms with Crippen LogP contribution in [-0.2, 0) is 11.2 Å². The van der Waals surface area contributed by atoms with Gasteiger partial charge in [-0.1, -0.05) is 0 Å². The second kappa shape index (κ2) is 5.70. The van der Waals surface area contributed by atoms with Crippen molar-refractivity contribution < 1.29 is 9.21 Å². The van der Waals surface area contributed by atoms with E-state index in [0.717, 1.165) is 44.7 Å². The minimum atomic E-state index is 0.219. The summed E-state index contributed by atoms with van der Waals surface area (Å²) in [6, 6.07) is 3.83. The summed E-state index contributed by atoms with van der Waals surface area (Å²) in [6.45, 7) is 3.09. The zero-order valence-electron chi connectivity index (χ0n) is 9.45. The summed E-state index contributed by atoms with van der Waals surface area (Å²) in [5.74, 6) is 1.18. The Morgan fingerprint density at radius 1 is 1.44 bits per heavy atom. The molecule has 1 fully saturated rings. The minimum Gasteiger partial charge on any atom is -0.469 e. The van der Waals surface area contributed by atoms with E-state index in [1.54, 1.807) is 6.26 Å². The number of hydrogen-bond donors (Lipinski definition) is 1. The molecule has 0 unspecified atom stereocenters. The molecule has 0 aliphatic carbocycles. The lowest BCUT2D eigenvalue weighted by Crippen LogP contribution is -2.36. The van der Waals surface area contributed by atoms with Crippen molar-refractivity contribution in [3.8, 4) is 0 Å². The molecule has 16 heavy (non-hydrogen) atoms. The Hall–Kier alpha value is -1.29. The highest BCUT2D eigenvalue weighted by Crippen LogP contribution is 2.06. The van der Waals surface area contributed by atoms with E-state index in [-0.39, 0.29) is 5.91 Å². The first-order valence-electron chi connectivity index (χ1n) is 5.87. The van der Waals surface area contributed by atoms with Crippen LogP contribution >= 0.6 is 0 Å². The summed E-state index contributed by atoms with van der Waals surface area (Å²) in [5, 5.41) is 3.15. The average Bonchev–Trinajstić information content (AvgIpc) is 2.96. The second-order valence-electron chi connectivity index (χ2n) is 4.09. The number of carbonyl (C=O) groups excluding carboxylic acids is 1. The van der Waals surface area contributed by atoms with Crippen LogP contribution in [0.15, 0.2) is 22.8 Å². The van der Waals surface area contributed by atoms with Gasteiger partial charge < -0.3 is 14.6 Å². The molecule has 0 spiro atoms. The maximum atomic E-state index is 11.6. The van der Waals surface area contributed by atoms with Crippen LogP contribution in [-0.4, -0.2) is 37.0 Å². The maximum Gasteiger partial charge on any atom is 0.236 e. The summed E-state index contributed by atoms with van der Waals surface area (Å²) in [6.07, 6.45) is 4.81. The van der Waals surface area contributed by atoms with Crippen molar-refractivity contribution in [2.45, 2.75) is 19.3 Å². The fourth-order valence-corrected chi connectivity index (χ4v) is 1.94. The molecule has 1 aromatic heterocycles. The smallest absolute Gasteiger partial charge is 0.236 e. The van der Waals surface area contributed by atoms with Crippen molar-refractivity contribution in [3.05, 3.63) is 24.2 Å². The number of likely N-dealkylation sites (tertiary alicyclic amines) is 1. The van der Waals surface area contributed by atoms with Gasteiger partial charge in [0.15, 0.2) is 0 Å². The largest absolute Gasteiger partial charge is 0.469 e. The molecule has 1 N–H and O–H groups in total. The van der Waals surface area contributed by atoms with Crippen molar-refractivity contribution in [1.82, 2.24) is 10.2 Å². The van der Waals surface area contributed by atoms with Crippen LogP contribution in [0.25, 0.3) is 0 Å². The number of nitrogens with zero attached hydrogens (tertiary/aromatic N) is 1. The lowest BCUT2D eigenvalue weighted by Gasteiger charge is -2.15. The summed E-state index contributed by atoms with van der Waals surface area (Å²) in [7, 11) is 0. The van der Waals surface area contributed by atoms with Gasteiger partial charge in [0.05, 0.1) is 12.8 Å². The molecule has 0 radical (unpaired) electrons. The zero-order valence-corrected chi connectivity index (χ0v) is 9.45. The van der Waals surface area contributed by atoms with E-state index < -0.39 is 0 Å². The standard InChI is InChI=1S/C12H18N2O2/c15-12(14-7-1-2-8-14)10-13-6-5-11-4-3-9-16-11/h3-4,9,13H,1-2,5-8,10H2. The molecule has 1 saturated heterocycles. The summed E-state index contributed by atoms with van der Waals surface area (Å²) in [4.78, 5) is 13.6. The molecule has 0 aromatic carbocycles. The third kappa shape index (κ3) is 3.10. The second-order valence-corrected chi connectivity index (χ2v) is 4.09. The van der Waals surface area contributed by atoms with Gasteiger partial charge in [0.2, 0.25) is 5.91 Å². The van der Waals surface area contributed by atoms with Gasteiger partial charge in [-0.3, -0.25) is 4.79 Å². The van der Waals surface area contributed by atoms with E-state index in [1.807, 2.05) is 17.0 Å². The van der Waals surface area contributed by atoms with Crippen LogP contribution in [0, 0.1) is 0 Å². The predicted molar refractivity (Wildman–Crippen MR) is 61.1 cm³/mol. The summed E-state index contributed by atoms with van der Waals surface area (Å²) >= 11 is 0. The lowest BCUT2D eigenvalue weighted by molar-refractivity contribution is -0.129. The number of amides is 1. The predicted octanol–water partition coefficient (Wildman–Crippen LogP) is 1.03. The minimum absolute atomic E-state index is 0.219. The monoisotopic (exact) mass is 222 g/mol. The molecule has 1 amide bonds. The zero-order chi connectivity index (χ0) is 11.2. The fraction of sp³-hybridized carbons (Fsp3) is 0.583. The van der Waals surface area contributed by atoms with E-state index >= 15 is 0 Å². The molecule has 4 heteroatoms. The van der Waals surface area contributed by atoms with Crippen molar-refractivity contribution in [2.24, 2.45) is 0 Å². The normalized spacial score (nSPS) is 15.6. The first-order chi connectivity index (χ1) is 7.86. The quantitative estimate of drug-likeness (QED) is 0.757. The Bertz CT molecular complexity index is 316. The Morgan fingerprint density at radius 2 is 2.25 bits per heavy atom. The molecular formula is C12H18N2O2. The van der Waals surface area contributed by atoms with Crippen LogP contribution in [0.2, 0.25) is 0 Å². The van der Waals surface area contributed by atoms with Crippen molar-refractivity contribution >= 4 is 5.91 Å². The number of rotatable bonds is 5. The van der Waals surface area contributed by atoms with Gasteiger partial charge in [0.25, 0.3) is 0 Å². The van der Waals surface area contributed by atoms with Gasteiger partial charge in [-0.05, 0) is 25.0 Å². The number of nitrogens with one attached hydrogen (secondary N) is 1. The van der Waals surface area contributed by atoms with Gasteiger partial charge in [-0.15, -0.1) is 0 Å². The highest BCUT2D eigenvalue weighted by molar-refractivity contribution is 5.78. The van der Waals surface area contributed by atoms with Crippen LogP contribution in [0.1, 0.15) is 18.6 Å². The van der Waals surface area contributed by atoms with Gasteiger partial charge in [-0.2, -0.15) is 0 Å². The van der Waals surface area contributed by atoms with E-state index in [1.165, 1.54) is 0 Å². The molecule has 0 atom stereocenters. The molecule has 4 nitrogen and oxygen atoms in total. The highest BCUT2D eigenvalue weighted by atomic mass is 16.3. The number of furan rings is 1. The highest BCUT2D eigenvalue weighted by Gasteiger charge is 2.16. The lowest BCUT2D eigenvalue weighted by atomic mass is 10.3.